The summed E-state index contributed by atoms with van der Waals surface area (Å²) in [5.74, 6) is 0. The summed E-state index contributed by atoms with van der Waals surface area (Å²) in [5, 5.41) is 12.1. The number of hydrogen-bond acceptors (Lipinski definition) is 3. The number of aliphatic hydroxyl groups excluding tert-OH is 1. The molecule has 0 aliphatic rings. The maximum Gasteiger partial charge on any atom is 0.0431 e. The van der Waals surface area contributed by atoms with E-state index in [1.165, 1.54) is 11.3 Å². The summed E-state index contributed by atoms with van der Waals surface area (Å²) in [5.41, 5.74) is 2.52. The molecule has 0 saturated heterocycles. The van der Waals surface area contributed by atoms with Crippen molar-refractivity contribution in [2.75, 3.05) is 31.6 Å². The molecule has 3 nitrogen and oxygen atoms in total. The first-order valence-corrected chi connectivity index (χ1v) is 7.79. The molecule has 0 radical (unpaired) electrons. The molecule has 2 N–H and O–H groups in total. The fraction of sp³-hybridized carbons (Fsp3) is 0.600. The largest absolute Gasteiger partial charge is 0.396 e. The van der Waals surface area contributed by atoms with E-state index < -0.39 is 0 Å². The number of benzene rings is 1. The Morgan fingerprint density at radius 3 is 2.68 bits per heavy atom. The first-order valence-electron chi connectivity index (χ1n) is 7.00. The van der Waals surface area contributed by atoms with Crippen molar-refractivity contribution in [2.24, 2.45) is 0 Å². The van der Waals surface area contributed by atoms with Crippen LogP contribution in [-0.2, 0) is 6.54 Å². The van der Waals surface area contributed by atoms with Crippen molar-refractivity contribution in [1.29, 1.82) is 0 Å². The maximum atomic E-state index is 8.76. The molecule has 0 saturated carbocycles. The van der Waals surface area contributed by atoms with Crippen LogP contribution in [0.1, 0.15) is 31.7 Å². The number of aliphatic hydroxyl groups is 1. The summed E-state index contributed by atoms with van der Waals surface area (Å²) in [7, 11) is 2.12. The van der Waals surface area contributed by atoms with Crippen molar-refractivity contribution in [3.63, 3.8) is 0 Å². The van der Waals surface area contributed by atoms with Crippen molar-refractivity contribution in [3.8, 4) is 0 Å². The van der Waals surface area contributed by atoms with Crippen LogP contribution < -0.4 is 10.2 Å². The predicted molar refractivity (Wildman–Crippen MR) is 85.7 cm³/mol. The van der Waals surface area contributed by atoms with Gasteiger partial charge >= 0.3 is 0 Å². The highest BCUT2D eigenvalue weighted by atomic mass is 79.9. The van der Waals surface area contributed by atoms with E-state index in [9.17, 15) is 0 Å². The number of unbranched alkanes of at least 4 members (excludes halogenated alkanes) is 2. The molecule has 0 aromatic heterocycles. The Hall–Kier alpha value is -0.580. The van der Waals surface area contributed by atoms with E-state index in [4.69, 9.17) is 5.11 Å². The minimum atomic E-state index is 0.300. The summed E-state index contributed by atoms with van der Waals surface area (Å²) in [6.07, 6.45) is 3.10. The number of anilines is 1. The van der Waals surface area contributed by atoms with Crippen molar-refractivity contribution in [1.82, 2.24) is 5.32 Å². The molecule has 1 aromatic rings. The van der Waals surface area contributed by atoms with Crippen LogP contribution in [0.4, 0.5) is 5.69 Å². The van der Waals surface area contributed by atoms with Gasteiger partial charge in [0.2, 0.25) is 0 Å². The lowest BCUT2D eigenvalue weighted by Gasteiger charge is -2.20. The minimum Gasteiger partial charge on any atom is -0.396 e. The zero-order valence-electron chi connectivity index (χ0n) is 12.0. The van der Waals surface area contributed by atoms with Crippen LogP contribution in [0.3, 0.4) is 0 Å². The third-order valence-corrected chi connectivity index (χ3v) is 3.93. The number of nitrogens with one attached hydrogen (secondary N) is 1. The van der Waals surface area contributed by atoms with Crippen LogP contribution in [0.2, 0.25) is 0 Å². The quantitative estimate of drug-likeness (QED) is 0.683. The number of rotatable bonds is 9. The van der Waals surface area contributed by atoms with E-state index in [1.807, 2.05) is 0 Å². The van der Waals surface area contributed by atoms with Gasteiger partial charge in [-0.15, -0.1) is 0 Å². The van der Waals surface area contributed by atoms with E-state index in [1.54, 1.807) is 0 Å². The zero-order valence-corrected chi connectivity index (χ0v) is 13.5. The Balaban J connectivity index is 2.51. The first kappa shape index (κ1) is 16.5. The molecule has 1 rings (SSSR count). The zero-order chi connectivity index (χ0) is 14.1. The van der Waals surface area contributed by atoms with Crippen LogP contribution >= 0.6 is 15.9 Å². The molecule has 1 aromatic carbocycles. The van der Waals surface area contributed by atoms with Gasteiger partial charge in [-0.3, -0.25) is 0 Å². The Morgan fingerprint density at radius 1 is 1.26 bits per heavy atom. The van der Waals surface area contributed by atoms with E-state index in [0.29, 0.717) is 6.61 Å². The van der Waals surface area contributed by atoms with Gasteiger partial charge in [-0.05, 0) is 43.5 Å². The molecule has 0 spiro atoms. The third kappa shape index (κ3) is 5.93. The highest BCUT2D eigenvalue weighted by molar-refractivity contribution is 9.10. The van der Waals surface area contributed by atoms with Crippen LogP contribution in [0.15, 0.2) is 22.7 Å². The molecule has 0 unspecified atom stereocenters. The van der Waals surface area contributed by atoms with Gasteiger partial charge in [-0.1, -0.05) is 28.9 Å². The van der Waals surface area contributed by atoms with Crippen molar-refractivity contribution < 1.29 is 5.11 Å². The van der Waals surface area contributed by atoms with Crippen LogP contribution in [0.5, 0.6) is 0 Å². The minimum absolute atomic E-state index is 0.300. The Kier molecular flexibility index (Phi) is 8.10. The van der Waals surface area contributed by atoms with Crippen molar-refractivity contribution in [2.45, 2.75) is 32.7 Å². The fourth-order valence-corrected chi connectivity index (χ4v) is 2.45. The first-order chi connectivity index (χ1) is 9.19. The lowest BCUT2D eigenvalue weighted by molar-refractivity contribution is 0.283. The summed E-state index contributed by atoms with van der Waals surface area (Å²) in [4.78, 5) is 2.26. The summed E-state index contributed by atoms with van der Waals surface area (Å²) >= 11 is 3.64. The number of halogens is 1. The van der Waals surface area contributed by atoms with Crippen LogP contribution in [-0.4, -0.2) is 31.9 Å². The van der Waals surface area contributed by atoms with Gasteiger partial charge in [-0.2, -0.15) is 0 Å². The van der Waals surface area contributed by atoms with E-state index in [0.717, 1.165) is 43.4 Å². The van der Waals surface area contributed by atoms with Gasteiger partial charge in [-0.25, -0.2) is 0 Å². The molecular formula is C15H25BrN2O. The van der Waals surface area contributed by atoms with Gasteiger partial charge in [0.1, 0.15) is 0 Å². The lowest BCUT2D eigenvalue weighted by Crippen LogP contribution is -2.19. The molecule has 0 bridgehead atoms. The average molecular weight is 329 g/mol. The smallest absolute Gasteiger partial charge is 0.0431 e. The number of hydrogen-bond donors (Lipinski definition) is 2. The van der Waals surface area contributed by atoms with Gasteiger partial charge in [0.15, 0.2) is 0 Å². The molecule has 4 heteroatoms. The second kappa shape index (κ2) is 9.34. The van der Waals surface area contributed by atoms with Crippen LogP contribution in [0.25, 0.3) is 0 Å². The standard InChI is InChI=1S/C15H25BrN2O/c1-3-17-12-13-7-8-14(11-15(13)16)18(2)9-5-4-6-10-19/h7-8,11,17,19H,3-6,9-10,12H2,1-2H3. The van der Waals surface area contributed by atoms with E-state index in [-0.39, 0.29) is 0 Å². The molecule has 0 aliphatic carbocycles. The van der Waals surface area contributed by atoms with Gasteiger partial charge in [0.25, 0.3) is 0 Å². The average Bonchev–Trinajstić information content (AvgIpc) is 2.42. The lowest BCUT2D eigenvalue weighted by atomic mass is 10.2. The van der Waals surface area contributed by atoms with Gasteiger partial charge in [0, 0.05) is 36.9 Å². The predicted octanol–water partition coefficient (Wildman–Crippen LogP) is 3.16. The molecular weight excluding hydrogens is 304 g/mol. The fourth-order valence-electron chi connectivity index (χ4n) is 1.94. The van der Waals surface area contributed by atoms with Crippen molar-refractivity contribution in [3.05, 3.63) is 28.2 Å². The van der Waals surface area contributed by atoms with E-state index in [2.05, 4.69) is 58.3 Å². The maximum absolute atomic E-state index is 8.76. The summed E-state index contributed by atoms with van der Waals surface area (Å²) in [6, 6.07) is 6.52. The molecule has 0 fully saturated rings. The Morgan fingerprint density at radius 2 is 2.05 bits per heavy atom. The Labute approximate surface area is 125 Å². The molecule has 0 heterocycles. The third-order valence-electron chi connectivity index (χ3n) is 3.19. The summed E-state index contributed by atoms with van der Waals surface area (Å²) in [6.45, 7) is 5.33. The highest BCUT2D eigenvalue weighted by Gasteiger charge is 2.05. The van der Waals surface area contributed by atoms with Gasteiger partial charge in [0.05, 0.1) is 0 Å². The normalized spacial score (nSPS) is 10.7. The molecule has 108 valence electrons. The van der Waals surface area contributed by atoms with E-state index >= 15 is 0 Å². The monoisotopic (exact) mass is 328 g/mol. The second-order valence-electron chi connectivity index (χ2n) is 4.76. The molecule has 0 atom stereocenters. The second-order valence-corrected chi connectivity index (χ2v) is 5.62. The summed E-state index contributed by atoms with van der Waals surface area (Å²) < 4.78 is 1.16. The Bertz CT molecular complexity index is 371. The number of nitrogens with zero attached hydrogens (tertiary/aromatic N) is 1. The van der Waals surface area contributed by atoms with Crippen molar-refractivity contribution >= 4 is 21.6 Å². The molecule has 0 aliphatic heterocycles. The molecule has 0 amide bonds. The topological polar surface area (TPSA) is 35.5 Å². The van der Waals surface area contributed by atoms with Gasteiger partial charge < -0.3 is 15.3 Å². The highest BCUT2D eigenvalue weighted by Crippen LogP contribution is 2.23. The molecule has 19 heavy (non-hydrogen) atoms. The SMILES string of the molecule is CCNCc1ccc(N(C)CCCCCO)cc1Br. The van der Waals surface area contributed by atoms with Crippen LogP contribution in [0, 0.1) is 0 Å².